The number of piperazine rings is 1. The number of unbranched alkanes of at least 4 members (excludes halogenated alkanes) is 1. The molecule has 0 radical (unpaired) electrons. The maximum Gasteiger partial charge on any atom is 0.573 e. The van der Waals surface area contributed by atoms with Crippen molar-refractivity contribution < 1.29 is 27.5 Å². The molecule has 11 nitrogen and oxygen atoms in total. The highest BCUT2D eigenvalue weighted by molar-refractivity contribution is 5.91. The number of alkyl halides is 3. The van der Waals surface area contributed by atoms with Gasteiger partial charge in [0.2, 0.25) is 0 Å². The van der Waals surface area contributed by atoms with Crippen LogP contribution in [-0.2, 0) is 24.2 Å². The van der Waals surface area contributed by atoms with E-state index < -0.39 is 6.36 Å². The van der Waals surface area contributed by atoms with Crippen LogP contribution in [0.5, 0.6) is 5.75 Å². The molecule has 1 saturated heterocycles. The van der Waals surface area contributed by atoms with Crippen LogP contribution in [0, 0.1) is 0 Å². The van der Waals surface area contributed by atoms with Crippen LogP contribution in [0.1, 0.15) is 34.7 Å². The van der Waals surface area contributed by atoms with Gasteiger partial charge in [0.1, 0.15) is 5.75 Å². The first-order valence-electron chi connectivity index (χ1n) is 13.0. The average molecular weight is 561 g/mol. The molecule has 14 heteroatoms. The van der Waals surface area contributed by atoms with Gasteiger partial charge < -0.3 is 15.0 Å². The second-order valence-electron chi connectivity index (χ2n) is 9.44. The smallest absolute Gasteiger partial charge is 0.406 e. The summed E-state index contributed by atoms with van der Waals surface area (Å²) in [6.07, 6.45) is -0.462. The van der Waals surface area contributed by atoms with E-state index in [0.717, 1.165) is 30.6 Å². The molecular formula is C26H31F3N8O3. The number of hydrogen-bond donors (Lipinski definition) is 1. The Morgan fingerprint density at radius 1 is 0.950 bits per heavy atom. The maximum atomic E-state index is 12.6. The third kappa shape index (κ3) is 8.73. The SMILES string of the molecule is CNC(=O)c1cn(CCCCc2ccc(CC(=O)CN3CCN(c4ccc(OC(F)(F)F)cc4)CC3)nn2)nn1. The Balaban J connectivity index is 1.13. The monoisotopic (exact) mass is 560 g/mol. The number of aryl methyl sites for hydroxylation is 2. The van der Waals surface area contributed by atoms with Gasteiger partial charge in [0.15, 0.2) is 11.5 Å². The van der Waals surface area contributed by atoms with Crippen LogP contribution in [0.15, 0.2) is 42.6 Å². The normalized spacial score (nSPS) is 14.2. The summed E-state index contributed by atoms with van der Waals surface area (Å²) < 4.78 is 42.6. The number of halogens is 3. The molecule has 1 aliphatic heterocycles. The molecule has 2 aromatic heterocycles. The van der Waals surface area contributed by atoms with Crippen molar-refractivity contribution in [2.24, 2.45) is 0 Å². The summed E-state index contributed by atoms with van der Waals surface area (Å²) in [5.74, 6) is -0.472. The highest BCUT2D eigenvalue weighted by Gasteiger charge is 2.31. The first-order valence-corrected chi connectivity index (χ1v) is 13.0. The number of aromatic nitrogens is 5. The van der Waals surface area contributed by atoms with E-state index in [0.29, 0.717) is 45.0 Å². The second-order valence-corrected chi connectivity index (χ2v) is 9.44. The molecule has 0 atom stereocenters. The molecule has 1 aliphatic rings. The molecule has 3 heterocycles. The highest BCUT2D eigenvalue weighted by Crippen LogP contribution is 2.25. The number of ether oxygens (including phenoxy) is 1. The van der Waals surface area contributed by atoms with Crippen molar-refractivity contribution in [3.63, 3.8) is 0 Å². The summed E-state index contributed by atoms with van der Waals surface area (Å²) in [6.45, 7) is 3.60. The molecule has 1 amide bonds. The summed E-state index contributed by atoms with van der Waals surface area (Å²) in [5, 5.41) is 18.8. The first kappa shape index (κ1) is 28.9. The predicted molar refractivity (Wildman–Crippen MR) is 139 cm³/mol. The maximum absolute atomic E-state index is 12.6. The summed E-state index contributed by atoms with van der Waals surface area (Å²) >= 11 is 0. The Morgan fingerprint density at radius 2 is 1.65 bits per heavy atom. The molecule has 4 rings (SSSR count). The Morgan fingerprint density at radius 3 is 2.30 bits per heavy atom. The quantitative estimate of drug-likeness (QED) is 0.333. The van der Waals surface area contributed by atoms with Crippen LogP contribution in [0.4, 0.5) is 18.9 Å². The summed E-state index contributed by atoms with van der Waals surface area (Å²) in [5.41, 5.74) is 2.56. The van der Waals surface area contributed by atoms with E-state index in [4.69, 9.17) is 0 Å². The van der Waals surface area contributed by atoms with Crippen LogP contribution in [0.2, 0.25) is 0 Å². The van der Waals surface area contributed by atoms with Crippen LogP contribution in [0.25, 0.3) is 0 Å². The molecule has 40 heavy (non-hydrogen) atoms. The van der Waals surface area contributed by atoms with Gasteiger partial charge in [0.25, 0.3) is 5.91 Å². The van der Waals surface area contributed by atoms with Gasteiger partial charge >= 0.3 is 6.36 Å². The van der Waals surface area contributed by atoms with Gasteiger partial charge in [-0.1, -0.05) is 5.21 Å². The largest absolute Gasteiger partial charge is 0.573 e. The molecule has 1 aromatic carbocycles. The van der Waals surface area contributed by atoms with E-state index in [1.165, 1.54) is 12.1 Å². The fourth-order valence-electron chi connectivity index (χ4n) is 4.36. The van der Waals surface area contributed by atoms with E-state index in [9.17, 15) is 22.8 Å². The number of carbonyl (C=O) groups excluding carboxylic acids is 2. The Bertz CT molecular complexity index is 1260. The molecule has 1 fully saturated rings. The van der Waals surface area contributed by atoms with Crippen molar-refractivity contribution in [3.8, 4) is 5.75 Å². The summed E-state index contributed by atoms with van der Waals surface area (Å²) in [4.78, 5) is 28.3. The van der Waals surface area contributed by atoms with Crippen LogP contribution >= 0.6 is 0 Å². The molecule has 0 spiro atoms. The molecule has 214 valence electrons. The van der Waals surface area contributed by atoms with Crippen molar-refractivity contribution in [2.75, 3.05) is 44.7 Å². The highest BCUT2D eigenvalue weighted by atomic mass is 19.4. The Hall–Kier alpha value is -4.07. The van der Waals surface area contributed by atoms with Gasteiger partial charge in [0.05, 0.1) is 30.6 Å². The number of ketones is 1. The number of Topliss-reactive ketones (excluding diaryl/α,β-unsaturated/α-hetero) is 1. The van der Waals surface area contributed by atoms with Gasteiger partial charge in [-0.2, -0.15) is 10.2 Å². The van der Waals surface area contributed by atoms with Crippen LogP contribution < -0.4 is 15.0 Å². The molecule has 0 bridgehead atoms. The second kappa shape index (κ2) is 13.3. The van der Waals surface area contributed by atoms with E-state index in [1.54, 1.807) is 30.1 Å². The standard InChI is InChI=1S/C26H31F3N8O3/c1-30-25(39)24-18-37(34-33-24)11-3-2-4-19-5-6-20(32-31-19)16-22(38)17-35-12-14-36(15-13-35)21-7-9-23(10-8-21)40-26(27,28)29/h5-10,18H,2-4,11-17H2,1H3,(H,30,39). The third-order valence-corrected chi connectivity index (χ3v) is 6.43. The van der Waals surface area contributed by atoms with Gasteiger partial charge in [-0.05, 0) is 55.7 Å². The zero-order valence-corrected chi connectivity index (χ0v) is 22.1. The minimum absolute atomic E-state index is 0.0492. The minimum atomic E-state index is -4.71. The summed E-state index contributed by atoms with van der Waals surface area (Å²) in [7, 11) is 1.54. The first-order chi connectivity index (χ1) is 19.2. The number of hydrogen-bond acceptors (Lipinski definition) is 9. The number of rotatable bonds is 12. The molecule has 1 N–H and O–H groups in total. The average Bonchev–Trinajstić information content (AvgIpc) is 3.41. The molecule has 0 saturated carbocycles. The minimum Gasteiger partial charge on any atom is -0.406 e. The van der Waals surface area contributed by atoms with E-state index in [-0.39, 0.29) is 29.6 Å². The van der Waals surface area contributed by atoms with E-state index in [2.05, 4.69) is 40.4 Å². The number of amides is 1. The van der Waals surface area contributed by atoms with E-state index >= 15 is 0 Å². The topological polar surface area (TPSA) is 118 Å². The fourth-order valence-corrected chi connectivity index (χ4v) is 4.36. The van der Waals surface area contributed by atoms with Gasteiger partial charge in [0, 0.05) is 45.5 Å². The number of carbonyl (C=O) groups is 2. The van der Waals surface area contributed by atoms with Crippen molar-refractivity contribution in [2.45, 2.75) is 38.6 Å². The van der Waals surface area contributed by atoms with Gasteiger partial charge in [-0.15, -0.1) is 18.3 Å². The number of nitrogens with zero attached hydrogens (tertiary/aromatic N) is 7. The van der Waals surface area contributed by atoms with E-state index in [1.807, 2.05) is 12.1 Å². The van der Waals surface area contributed by atoms with Gasteiger partial charge in [-0.25, -0.2) is 0 Å². The van der Waals surface area contributed by atoms with Crippen molar-refractivity contribution in [3.05, 3.63) is 59.7 Å². The summed E-state index contributed by atoms with van der Waals surface area (Å²) in [6, 6.07) is 9.52. The lowest BCUT2D eigenvalue weighted by molar-refractivity contribution is -0.274. The fraction of sp³-hybridized carbons (Fsp3) is 0.462. The van der Waals surface area contributed by atoms with Crippen LogP contribution in [0.3, 0.4) is 0 Å². The molecule has 0 unspecified atom stereocenters. The number of anilines is 1. The molecule has 3 aromatic rings. The lowest BCUT2D eigenvalue weighted by Gasteiger charge is -2.35. The zero-order chi connectivity index (χ0) is 28.5. The lowest BCUT2D eigenvalue weighted by Crippen LogP contribution is -2.48. The number of benzene rings is 1. The lowest BCUT2D eigenvalue weighted by atomic mass is 10.1. The van der Waals surface area contributed by atoms with Gasteiger partial charge in [-0.3, -0.25) is 19.2 Å². The third-order valence-electron chi connectivity index (χ3n) is 6.43. The predicted octanol–water partition coefficient (Wildman–Crippen LogP) is 2.28. The Kier molecular flexibility index (Phi) is 9.64. The zero-order valence-electron chi connectivity index (χ0n) is 22.1. The molecule has 0 aliphatic carbocycles. The Labute approximate surface area is 229 Å². The number of nitrogens with one attached hydrogen (secondary N) is 1. The van der Waals surface area contributed by atoms with Crippen molar-refractivity contribution in [1.82, 2.24) is 35.4 Å². The van der Waals surface area contributed by atoms with Crippen molar-refractivity contribution in [1.29, 1.82) is 0 Å². The molecular weight excluding hydrogens is 529 g/mol. The van der Waals surface area contributed by atoms with Crippen molar-refractivity contribution >= 4 is 17.4 Å². The van der Waals surface area contributed by atoms with Crippen LogP contribution in [-0.4, -0.2) is 87.9 Å².